The van der Waals surface area contributed by atoms with Gasteiger partial charge in [0.05, 0.1) is 0 Å². The molecule has 0 unspecified atom stereocenters. The SMILES string of the molecule is CN=C(NCCN1CCCCC1)NCc1ccnc(N2CCN(C)CC2)c1. The van der Waals surface area contributed by atoms with E-state index in [2.05, 4.69) is 54.5 Å². The number of pyridine rings is 1. The Labute approximate surface area is 163 Å². The molecule has 0 atom stereocenters. The molecule has 2 N–H and O–H groups in total. The maximum Gasteiger partial charge on any atom is 0.191 e. The molecule has 7 heteroatoms. The monoisotopic (exact) mass is 373 g/mol. The highest BCUT2D eigenvalue weighted by molar-refractivity contribution is 5.79. The maximum absolute atomic E-state index is 4.56. The first-order valence-electron chi connectivity index (χ1n) is 10.3. The second-order valence-corrected chi connectivity index (χ2v) is 7.57. The fourth-order valence-corrected chi connectivity index (χ4v) is 3.70. The Balaban J connectivity index is 1.43. The van der Waals surface area contributed by atoms with Gasteiger partial charge in [-0.2, -0.15) is 0 Å². The van der Waals surface area contributed by atoms with E-state index >= 15 is 0 Å². The summed E-state index contributed by atoms with van der Waals surface area (Å²) in [5.41, 5.74) is 1.23. The summed E-state index contributed by atoms with van der Waals surface area (Å²) in [6.07, 6.45) is 5.97. The Hall–Kier alpha value is -1.86. The molecule has 27 heavy (non-hydrogen) atoms. The minimum absolute atomic E-state index is 0.757. The zero-order valence-electron chi connectivity index (χ0n) is 17.0. The molecule has 0 spiro atoms. The summed E-state index contributed by atoms with van der Waals surface area (Å²) in [7, 11) is 4.01. The molecular weight excluding hydrogens is 338 g/mol. The molecule has 0 bridgehead atoms. The van der Waals surface area contributed by atoms with E-state index in [4.69, 9.17) is 0 Å². The minimum Gasteiger partial charge on any atom is -0.355 e. The third-order valence-corrected chi connectivity index (χ3v) is 5.49. The molecule has 150 valence electrons. The summed E-state index contributed by atoms with van der Waals surface area (Å²) >= 11 is 0. The second kappa shape index (κ2) is 10.5. The number of hydrogen-bond acceptors (Lipinski definition) is 5. The number of anilines is 1. The molecule has 1 aromatic rings. The van der Waals surface area contributed by atoms with E-state index in [1.54, 1.807) is 0 Å². The van der Waals surface area contributed by atoms with Gasteiger partial charge >= 0.3 is 0 Å². The zero-order valence-corrected chi connectivity index (χ0v) is 17.0. The largest absolute Gasteiger partial charge is 0.355 e. The van der Waals surface area contributed by atoms with Crippen LogP contribution in [0.3, 0.4) is 0 Å². The van der Waals surface area contributed by atoms with Gasteiger partial charge in [-0.15, -0.1) is 0 Å². The van der Waals surface area contributed by atoms with Gasteiger partial charge in [0.1, 0.15) is 5.82 Å². The predicted octanol–water partition coefficient (Wildman–Crippen LogP) is 0.984. The minimum atomic E-state index is 0.757. The van der Waals surface area contributed by atoms with Crippen molar-refractivity contribution in [2.75, 3.05) is 71.4 Å². The predicted molar refractivity (Wildman–Crippen MR) is 112 cm³/mol. The summed E-state index contributed by atoms with van der Waals surface area (Å²) in [5.74, 6) is 1.94. The number of piperazine rings is 1. The van der Waals surface area contributed by atoms with E-state index in [-0.39, 0.29) is 0 Å². The van der Waals surface area contributed by atoms with E-state index < -0.39 is 0 Å². The van der Waals surface area contributed by atoms with Crippen LogP contribution in [0.4, 0.5) is 5.82 Å². The lowest BCUT2D eigenvalue weighted by Gasteiger charge is -2.33. The van der Waals surface area contributed by atoms with Gasteiger partial charge < -0.3 is 25.3 Å². The van der Waals surface area contributed by atoms with Crippen LogP contribution in [0.2, 0.25) is 0 Å². The van der Waals surface area contributed by atoms with Crippen LogP contribution in [0, 0.1) is 0 Å². The van der Waals surface area contributed by atoms with Crippen molar-refractivity contribution in [3.8, 4) is 0 Å². The second-order valence-electron chi connectivity index (χ2n) is 7.57. The van der Waals surface area contributed by atoms with Crippen LogP contribution in [0.5, 0.6) is 0 Å². The van der Waals surface area contributed by atoms with Gasteiger partial charge in [-0.1, -0.05) is 6.42 Å². The number of piperidine rings is 1. The Kier molecular flexibility index (Phi) is 7.71. The molecule has 3 heterocycles. The van der Waals surface area contributed by atoms with Crippen molar-refractivity contribution >= 4 is 11.8 Å². The number of likely N-dealkylation sites (tertiary alicyclic amines) is 1. The fraction of sp³-hybridized carbons (Fsp3) is 0.700. The highest BCUT2D eigenvalue weighted by atomic mass is 15.3. The van der Waals surface area contributed by atoms with Gasteiger partial charge in [-0.05, 0) is 50.7 Å². The fourth-order valence-electron chi connectivity index (χ4n) is 3.70. The van der Waals surface area contributed by atoms with Crippen molar-refractivity contribution in [1.82, 2.24) is 25.4 Å². The number of likely N-dealkylation sites (N-methyl/N-ethyl adjacent to an activating group) is 1. The van der Waals surface area contributed by atoms with E-state index in [0.717, 1.165) is 57.6 Å². The molecule has 3 rings (SSSR count). The lowest BCUT2D eigenvalue weighted by Crippen LogP contribution is -2.45. The van der Waals surface area contributed by atoms with E-state index in [0.29, 0.717) is 0 Å². The molecule has 2 aliphatic heterocycles. The quantitative estimate of drug-likeness (QED) is 0.573. The first-order valence-corrected chi connectivity index (χ1v) is 10.3. The Morgan fingerprint density at radius 3 is 2.59 bits per heavy atom. The van der Waals surface area contributed by atoms with Gasteiger partial charge in [0, 0.05) is 59.1 Å². The van der Waals surface area contributed by atoms with Gasteiger partial charge in [-0.3, -0.25) is 4.99 Å². The highest BCUT2D eigenvalue weighted by Gasteiger charge is 2.15. The maximum atomic E-state index is 4.56. The number of rotatable bonds is 6. The number of aromatic nitrogens is 1. The van der Waals surface area contributed by atoms with Crippen molar-refractivity contribution in [3.63, 3.8) is 0 Å². The molecule has 1 aromatic heterocycles. The summed E-state index contributed by atoms with van der Waals surface area (Å²) < 4.78 is 0. The Bertz CT molecular complexity index is 590. The van der Waals surface area contributed by atoms with Crippen LogP contribution in [-0.2, 0) is 6.54 Å². The van der Waals surface area contributed by atoms with Gasteiger partial charge in [-0.25, -0.2) is 4.98 Å². The summed E-state index contributed by atoms with van der Waals surface area (Å²) in [4.78, 5) is 16.2. The first kappa shape index (κ1) is 19.9. The third kappa shape index (κ3) is 6.36. The van der Waals surface area contributed by atoms with Crippen LogP contribution in [0.25, 0.3) is 0 Å². The lowest BCUT2D eigenvalue weighted by molar-refractivity contribution is 0.232. The number of aliphatic imine (C=N–C) groups is 1. The van der Waals surface area contributed by atoms with E-state index in [1.165, 1.54) is 37.9 Å². The van der Waals surface area contributed by atoms with Gasteiger partial charge in [0.25, 0.3) is 0 Å². The van der Waals surface area contributed by atoms with Crippen molar-refractivity contribution < 1.29 is 0 Å². The molecule has 0 saturated carbocycles. The van der Waals surface area contributed by atoms with Crippen molar-refractivity contribution in [1.29, 1.82) is 0 Å². The number of nitrogens with one attached hydrogen (secondary N) is 2. The number of hydrogen-bond donors (Lipinski definition) is 2. The highest BCUT2D eigenvalue weighted by Crippen LogP contribution is 2.14. The first-order chi connectivity index (χ1) is 13.2. The molecule has 2 aliphatic rings. The summed E-state index contributed by atoms with van der Waals surface area (Å²) in [6, 6.07) is 4.27. The van der Waals surface area contributed by atoms with Crippen LogP contribution in [-0.4, -0.2) is 87.2 Å². The van der Waals surface area contributed by atoms with Crippen LogP contribution in [0.1, 0.15) is 24.8 Å². The van der Waals surface area contributed by atoms with Crippen LogP contribution < -0.4 is 15.5 Å². The van der Waals surface area contributed by atoms with Crippen molar-refractivity contribution in [2.45, 2.75) is 25.8 Å². The molecule has 2 saturated heterocycles. The van der Waals surface area contributed by atoms with Gasteiger partial charge in [0.15, 0.2) is 5.96 Å². The molecule has 0 amide bonds. The van der Waals surface area contributed by atoms with Crippen molar-refractivity contribution in [3.05, 3.63) is 23.9 Å². The zero-order chi connectivity index (χ0) is 18.9. The average molecular weight is 374 g/mol. The Morgan fingerprint density at radius 2 is 1.85 bits per heavy atom. The normalized spacial score (nSPS) is 19.9. The molecule has 0 aromatic carbocycles. The van der Waals surface area contributed by atoms with Crippen molar-refractivity contribution in [2.24, 2.45) is 4.99 Å². The van der Waals surface area contributed by atoms with Gasteiger partial charge in [0.2, 0.25) is 0 Å². The lowest BCUT2D eigenvalue weighted by atomic mass is 10.1. The van der Waals surface area contributed by atoms with E-state index in [1.807, 2.05) is 13.2 Å². The van der Waals surface area contributed by atoms with E-state index in [9.17, 15) is 0 Å². The summed E-state index contributed by atoms with van der Waals surface area (Å²) in [6.45, 7) is 9.52. The third-order valence-electron chi connectivity index (χ3n) is 5.49. The topological polar surface area (TPSA) is 59.0 Å². The molecule has 2 fully saturated rings. The average Bonchev–Trinajstić information content (AvgIpc) is 2.72. The van der Waals surface area contributed by atoms with Crippen LogP contribution in [0.15, 0.2) is 23.3 Å². The van der Waals surface area contributed by atoms with Crippen LogP contribution >= 0.6 is 0 Å². The smallest absolute Gasteiger partial charge is 0.191 e. The number of guanidine groups is 1. The Morgan fingerprint density at radius 1 is 1.07 bits per heavy atom. The standard InChI is InChI=1S/C20H35N7/c1-21-20(23-8-11-26-9-4-3-5-10-26)24-17-18-6-7-22-19(16-18)27-14-12-25(2)13-15-27/h6-7,16H,3-5,8-15,17H2,1-2H3,(H2,21,23,24). The number of nitrogens with zero attached hydrogens (tertiary/aromatic N) is 5. The molecule has 0 radical (unpaired) electrons. The molecule has 0 aliphatic carbocycles. The summed E-state index contributed by atoms with van der Waals surface area (Å²) in [5, 5.41) is 6.86. The molecular formula is C20H35N7. The molecule has 7 nitrogen and oxygen atoms in total.